The fraction of sp³-hybridized carbons (Fsp3) is 0.550. The van der Waals surface area contributed by atoms with Crippen molar-refractivity contribution in [2.75, 3.05) is 7.11 Å². The lowest BCUT2D eigenvalue weighted by atomic mass is 9.80. The summed E-state index contributed by atoms with van der Waals surface area (Å²) < 4.78 is 17.2. The number of hydrogen-bond acceptors (Lipinski definition) is 4. The molecule has 0 unspecified atom stereocenters. The van der Waals surface area contributed by atoms with E-state index in [1.165, 1.54) is 7.11 Å². The minimum absolute atomic E-state index is 0.00845. The molecule has 1 aliphatic rings. The first-order valence-electron chi connectivity index (χ1n) is 8.55. The zero-order valence-corrected chi connectivity index (χ0v) is 14.8. The highest BCUT2D eigenvalue weighted by Gasteiger charge is 2.42. The van der Waals surface area contributed by atoms with Crippen LogP contribution in [0.5, 0.6) is 0 Å². The van der Waals surface area contributed by atoms with Crippen molar-refractivity contribution in [3.05, 3.63) is 48.6 Å². The predicted octanol–water partition coefficient (Wildman–Crippen LogP) is 3.75. The molecule has 1 aromatic rings. The third-order valence-electron chi connectivity index (χ3n) is 4.84. The van der Waals surface area contributed by atoms with Gasteiger partial charge in [0.05, 0.1) is 38.4 Å². The number of benzene rings is 1. The van der Waals surface area contributed by atoms with Crippen LogP contribution in [0.15, 0.2) is 43.0 Å². The molecule has 132 valence electrons. The standard InChI is InChI=1S/C20H28O4/c1-5-9-17-14(2)20(23-13-16-10-7-6-8-11-16)15(3)18(24-17)12-19(21)22-4/h5-8,10-11,14-15,17-18,20H,1,9,12-13H2,2-4H3/t14-,15-,17+,18+,20+/m0/s1. The van der Waals surface area contributed by atoms with E-state index in [-0.39, 0.29) is 42.5 Å². The van der Waals surface area contributed by atoms with E-state index in [2.05, 4.69) is 32.6 Å². The van der Waals surface area contributed by atoms with Crippen LogP contribution in [0, 0.1) is 11.8 Å². The molecule has 4 nitrogen and oxygen atoms in total. The largest absolute Gasteiger partial charge is 0.469 e. The fourth-order valence-corrected chi connectivity index (χ4v) is 3.36. The molecular weight excluding hydrogens is 304 g/mol. The number of carbonyl (C=O) groups excluding carboxylic acids is 1. The van der Waals surface area contributed by atoms with Gasteiger partial charge in [-0.05, 0) is 12.0 Å². The van der Waals surface area contributed by atoms with Gasteiger partial charge in [0.2, 0.25) is 0 Å². The smallest absolute Gasteiger partial charge is 0.308 e. The quantitative estimate of drug-likeness (QED) is 0.563. The summed E-state index contributed by atoms with van der Waals surface area (Å²) in [6.07, 6.45) is 2.70. The van der Waals surface area contributed by atoms with Crippen molar-refractivity contribution < 1.29 is 19.0 Å². The fourth-order valence-electron chi connectivity index (χ4n) is 3.36. The second-order valence-corrected chi connectivity index (χ2v) is 6.50. The number of hydrogen-bond donors (Lipinski definition) is 0. The Kier molecular flexibility index (Phi) is 7.00. The Hall–Kier alpha value is -1.65. The molecule has 0 N–H and O–H groups in total. The second kappa shape index (κ2) is 9.00. The SMILES string of the molecule is C=CC[C@H]1O[C@H](CC(=O)OC)[C@H](C)[C@H](OCc2ccccc2)[C@H]1C. The number of esters is 1. The zero-order valence-electron chi connectivity index (χ0n) is 14.8. The highest BCUT2D eigenvalue weighted by molar-refractivity contribution is 5.69. The van der Waals surface area contributed by atoms with Crippen molar-refractivity contribution in [2.24, 2.45) is 11.8 Å². The van der Waals surface area contributed by atoms with E-state index in [0.717, 1.165) is 12.0 Å². The van der Waals surface area contributed by atoms with Crippen molar-refractivity contribution in [3.8, 4) is 0 Å². The molecule has 2 rings (SSSR count). The number of methoxy groups -OCH3 is 1. The van der Waals surface area contributed by atoms with Crippen LogP contribution in [0.3, 0.4) is 0 Å². The maximum atomic E-state index is 11.7. The van der Waals surface area contributed by atoms with E-state index in [1.807, 2.05) is 24.3 Å². The van der Waals surface area contributed by atoms with Crippen LogP contribution in [0.25, 0.3) is 0 Å². The first-order chi connectivity index (χ1) is 11.6. The molecule has 0 bridgehead atoms. The van der Waals surface area contributed by atoms with Gasteiger partial charge in [-0.15, -0.1) is 6.58 Å². The monoisotopic (exact) mass is 332 g/mol. The topological polar surface area (TPSA) is 44.8 Å². The summed E-state index contributed by atoms with van der Waals surface area (Å²) in [6.45, 7) is 8.61. The van der Waals surface area contributed by atoms with Gasteiger partial charge in [0.15, 0.2) is 0 Å². The Labute approximate surface area is 144 Å². The predicted molar refractivity (Wildman–Crippen MR) is 93.5 cm³/mol. The number of carbonyl (C=O) groups is 1. The molecule has 1 aliphatic heterocycles. The lowest BCUT2D eigenvalue weighted by Gasteiger charge is -2.44. The van der Waals surface area contributed by atoms with Gasteiger partial charge in [-0.2, -0.15) is 0 Å². The highest BCUT2D eigenvalue weighted by Crippen LogP contribution is 2.35. The molecule has 5 atom stereocenters. The van der Waals surface area contributed by atoms with E-state index >= 15 is 0 Å². The summed E-state index contributed by atoms with van der Waals surface area (Å²) in [5, 5.41) is 0. The third-order valence-corrected chi connectivity index (χ3v) is 4.84. The Bertz CT molecular complexity index is 528. The first kappa shape index (κ1) is 18.7. The van der Waals surface area contributed by atoms with Gasteiger partial charge >= 0.3 is 5.97 Å². The van der Waals surface area contributed by atoms with Crippen molar-refractivity contribution in [1.29, 1.82) is 0 Å². The van der Waals surface area contributed by atoms with E-state index in [4.69, 9.17) is 14.2 Å². The lowest BCUT2D eigenvalue weighted by molar-refractivity contribution is -0.189. The van der Waals surface area contributed by atoms with Crippen LogP contribution in [0.4, 0.5) is 0 Å². The van der Waals surface area contributed by atoms with E-state index < -0.39 is 0 Å². The van der Waals surface area contributed by atoms with Gasteiger partial charge in [0.25, 0.3) is 0 Å². The Balaban J connectivity index is 2.08. The minimum Gasteiger partial charge on any atom is -0.469 e. The van der Waals surface area contributed by atoms with E-state index in [1.54, 1.807) is 0 Å². The number of ether oxygens (including phenoxy) is 3. The van der Waals surface area contributed by atoms with Crippen LogP contribution < -0.4 is 0 Å². The number of rotatable bonds is 7. The Morgan fingerprint density at radius 3 is 2.50 bits per heavy atom. The van der Waals surface area contributed by atoms with Gasteiger partial charge in [-0.25, -0.2) is 0 Å². The van der Waals surface area contributed by atoms with Crippen LogP contribution in [-0.2, 0) is 25.6 Å². The molecule has 1 heterocycles. The summed E-state index contributed by atoms with van der Waals surface area (Å²) in [7, 11) is 1.41. The lowest BCUT2D eigenvalue weighted by Crippen LogP contribution is -2.50. The minimum atomic E-state index is -0.249. The maximum Gasteiger partial charge on any atom is 0.308 e. The molecule has 0 saturated carbocycles. The van der Waals surface area contributed by atoms with Crippen molar-refractivity contribution in [2.45, 2.75) is 51.6 Å². The molecule has 0 spiro atoms. The van der Waals surface area contributed by atoms with Crippen molar-refractivity contribution >= 4 is 5.97 Å². The van der Waals surface area contributed by atoms with Gasteiger partial charge in [-0.3, -0.25) is 4.79 Å². The van der Waals surface area contributed by atoms with Gasteiger partial charge in [-0.1, -0.05) is 50.3 Å². The molecular formula is C20H28O4. The average molecular weight is 332 g/mol. The van der Waals surface area contributed by atoms with Crippen LogP contribution in [0.2, 0.25) is 0 Å². The second-order valence-electron chi connectivity index (χ2n) is 6.50. The summed E-state index contributed by atoms with van der Waals surface area (Å²) in [5.74, 6) is 0.0973. The van der Waals surface area contributed by atoms with Crippen LogP contribution in [-0.4, -0.2) is 31.4 Å². The third kappa shape index (κ3) is 4.68. The molecule has 0 aliphatic carbocycles. The normalized spacial score (nSPS) is 29.9. The molecule has 4 heteroatoms. The Morgan fingerprint density at radius 1 is 1.21 bits per heavy atom. The Morgan fingerprint density at radius 2 is 1.88 bits per heavy atom. The highest BCUT2D eigenvalue weighted by atomic mass is 16.5. The van der Waals surface area contributed by atoms with Gasteiger partial charge < -0.3 is 14.2 Å². The van der Waals surface area contributed by atoms with Crippen LogP contribution >= 0.6 is 0 Å². The van der Waals surface area contributed by atoms with Crippen molar-refractivity contribution in [3.63, 3.8) is 0 Å². The van der Waals surface area contributed by atoms with E-state index in [9.17, 15) is 4.79 Å². The molecule has 0 aromatic heterocycles. The summed E-state index contributed by atoms with van der Waals surface area (Å²) in [6, 6.07) is 10.1. The van der Waals surface area contributed by atoms with E-state index in [0.29, 0.717) is 6.61 Å². The molecule has 1 fully saturated rings. The zero-order chi connectivity index (χ0) is 17.5. The summed E-state index contributed by atoms with van der Waals surface area (Å²) >= 11 is 0. The molecule has 1 aromatic carbocycles. The molecule has 0 amide bonds. The molecule has 1 saturated heterocycles. The maximum absolute atomic E-state index is 11.7. The van der Waals surface area contributed by atoms with Crippen LogP contribution in [0.1, 0.15) is 32.3 Å². The average Bonchev–Trinajstić information content (AvgIpc) is 2.60. The molecule has 0 radical (unpaired) electrons. The van der Waals surface area contributed by atoms with Crippen molar-refractivity contribution in [1.82, 2.24) is 0 Å². The molecule has 24 heavy (non-hydrogen) atoms. The first-order valence-corrected chi connectivity index (χ1v) is 8.55. The summed E-state index contributed by atoms with van der Waals surface area (Å²) in [5.41, 5.74) is 1.15. The summed E-state index contributed by atoms with van der Waals surface area (Å²) in [4.78, 5) is 11.7. The van der Waals surface area contributed by atoms with Gasteiger partial charge in [0, 0.05) is 11.8 Å². The van der Waals surface area contributed by atoms with Gasteiger partial charge in [0.1, 0.15) is 0 Å².